The van der Waals surface area contributed by atoms with Crippen molar-refractivity contribution < 1.29 is 13.2 Å². The summed E-state index contributed by atoms with van der Waals surface area (Å²) in [5.41, 5.74) is 0. The summed E-state index contributed by atoms with van der Waals surface area (Å²) in [6, 6.07) is 8.89. The molecule has 0 saturated carbocycles. The van der Waals surface area contributed by atoms with Gasteiger partial charge in [-0.2, -0.15) is 0 Å². The molecule has 24 heavy (non-hydrogen) atoms. The molecule has 2 bridgehead atoms. The second-order valence-electron chi connectivity index (χ2n) is 6.34. The number of fused-ring (bicyclic) bond motifs is 2. The topological polar surface area (TPSA) is 79.8 Å². The Morgan fingerprint density at radius 3 is 2.71 bits per heavy atom. The maximum atomic E-state index is 12.2. The molecule has 2 N–H and O–H groups in total. The first kappa shape index (κ1) is 17.2. The molecule has 6 nitrogen and oxygen atoms in total. The lowest BCUT2D eigenvalue weighted by atomic mass is 9.96. The minimum absolute atomic E-state index is 0.123. The number of nitrogens with one attached hydrogen (secondary N) is 2. The molecule has 0 amide bonds. The van der Waals surface area contributed by atoms with Crippen molar-refractivity contribution in [1.82, 2.24) is 10.6 Å². The standard InChI is InChI=1S/C17H25N3O3S/c1-18-17(20-15-12-13-8-9-16(15)23-13)19-10-5-11-24(21,22)14-6-3-2-4-7-14/h2-4,6-7,13,15-16H,5,8-12H2,1H3,(H2,18,19,20). The Bertz CT molecular complexity index is 676. The summed E-state index contributed by atoms with van der Waals surface area (Å²) >= 11 is 0. The molecule has 1 aromatic carbocycles. The minimum atomic E-state index is -3.21. The van der Waals surface area contributed by atoms with E-state index in [1.54, 1.807) is 31.3 Å². The van der Waals surface area contributed by atoms with Crippen LogP contribution in [0.15, 0.2) is 40.2 Å². The predicted octanol–water partition coefficient (Wildman–Crippen LogP) is 1.34. The zero-order valence-corrected chi connectivity index (χ0v) is 14.8. The van der Waals surface area contributed by atoms with Gasteiger partial charge in [-0.25, -0.2) is 8.42 Å². The molecule has 7 heteroatoms. The summed E-state index contributed by atoms with van der Waals surface area (Å²) in [4.78, 5) is 4.60. The molecule has 3 unspecified atom stereocenters. The Balaban J connectivity index is 1.42. The molecule has 0 aliphatic carbocycles. The van der Waals surface area contributed by atoms with Gasteiger partial charge in [-0.05, 0) is 37.8 Å². The predicted molar refractivity (Wildman–Crippen MR) is 93.9 cm³/mol. The second kappa shape index (κ2) is 7.53. The van der Waals surface area contributed by atoms with E-state index >= 15 is 0 Å². The van der Waals surface area contributed by atoms with E-state index in [-0.39, 0.29) is 11.9 Å². The molecular weight excluding hydrogens is 326 g/mol. The van der Waals surface area contributed by atoms with E-state index in [2.05, 4.69) is 15.6 Å². The van der Waals surface area contributed by atoms with Crippen LogP contribution in [0.2, 0.25) is 0 Å². The van der Waals surface area contributed by atoms with Crippen LogP contribution in [0.25, 0.3) is 0 Å². The molecule has 2 fully saturated rings. The van der Waals surface area contributed by atoms with Gasteiger partial charge in [-0.3, -0.25) is 4.99 Å². The third-order valence-corrected chi connectivity index (χ3v) is 6.45. The summed E-state index contributed by atoms with van der Waals surface area (Å²) in [5.74, 6) is 0.839. The van der Waals surface area contributed by atoms with Crippen LogP contribution in [0, 0.1) is 0 Å². The molecule has 2 aliphatic rings. The van der Waals surface area contributed by atoms with Crippen LogP contribution in [-0.2, 0) is 14.6 Å². The van der Waals surface area contributed by atoms with E-state index in [1.807, 2.05) is 6.07 Å². The van der Waals surface area contributed by atoms with Gasteiger partial charge in [0, 0.05) is 13.6 Å². The van der Waals surface area contributed by atoms with Crippen LogP contribution in [0.5, 0.6) is 0 Å². The number of hydrogen-bond acceptors (Lipinski definition) is 4. The highest BCUT2D eigenvalue weighted by atomic mass is 32.2. The third kappa shape index (κ3) is 4.08. The van der Waals surface area contributed by atoms with Gasteiger partial charge < -0.3 is 15.4 Å². The van der Waals surface area contributed by atoms with Gasteiger partial charge in [-0.15, -0.1) is 0 Å². The Morgan fingerprint density at radius 2 is 2.08 bits per heavy atom. The van der Waals surface area contributed by atoms with Gasteiger partial charge in [-0.1, -0.05) is 18.2 Å². The normalized spacial score (nSPS) is 26.5. The maximum Gasteiger partial charge on any atom is 0.191 e. The van der Waals surface area contributed by atoms with Gasteiger partial charge in [0.05, 0.1) is 28.9 Å². The summed E-state index contributed by atoms with van der Waals surface area (Å²) < 4.78 is 30.3. The quantitative estimate of drug-likeness (QED) is 0.459. The number of aliphatic imine (C=N–C) groups is 1. The first-order valence-corrected chi connectivity index (χ1v) is 10.1. The van der Waals surface area contributed by atoms with Crippen LogP contribution in [-0.4, -0.2) is 52.0 Å². The Labute approximate surface area is 143 Å². The van der Waals surface area contributed by atoms with Crippen molar-refractivity contribution in [3.63, 3.8) is 0 Å². The van der Waals surface area contributed by atoms with Crippen LogP contribution >= 0.6 is 0 Å². The SMILES string of the molecule is CN=C(NCCCS(=O)(=O)c1ccccc1)NC1CC2CCC1O2. The molecule has 3 rings (SSSR count). The molecule has 2 aliphatic heterocycles. The number of nitrogens with zero attached hydrogens (tertiary/aromatic N) is 1. The van der Waals surface area contributed by atoms with E-state index in [9.17, 15) is 8.42 Å². The van der Waals surface area contributed by atoms with Crippen molar-refractivity contribution >= 4 is 15.8 Å². The van der Waals surface area contributed by atoms with Gasteiger partial charge in [0.2, 0.25) is 0 Å². The number of sulfone groups is 1. The number of guanidine groups is 1. The first-order chi connectivity index (χ1) is 11.6. The number of hydrogen-bond donors (Lipinski definition) is 2. The lowest BCUT2D eigenvalue weighted by Gasteiger charge is -2.22. The van der Waals surface area contributed by atoms with Gasteiger partial charge in [0.1, 0.15) is 0 Å². The van der Waals surface area contributed by atoms with Crippen molar-refractivity contribution in [2.45, 2.75) is 48.8 Å². The highest BCUT2D eigenvalue weighted by Crippen LogP contribution is 2.34. The Hall–Kier alpha value is -1.60. The van der Waals surface area contributed by atoms with Crippen molar-refractivity contribution in [3.8, 4) is 0 Å². The summed E-state index contributed by atoms with van der Waals surface area (Å²) in [6.45, 7) is 0.563. The molecule has 2 saturated heterocycles. The molecule has 132 valence electrons. The largest absolute Gasteiger partial charge is 0.373 e. The number of benzene rings is 1. The van der Waals surface area contributed by atoms with E-state index in [0.29, 0.717) is 36.0 Å². The van der Waals surface area contributed by atoms with E-state index in [1.165, 1.54) is 0 Å². The van der Waals surface area contributed by atoms with Crippen LogP contribution in [0.1, 0.15) is 25.7 Å². The average molecular weight is 351 g/mol. The van der Waals surface area contributed by atoms with E-state index in [0.717, 1.165) is 19.3 Å². The van der Waals surface area contributed by atoms with Crippen molar-refractivity contribution in [2.75, 3.05) is 19.3 Å². The Morgan fingerprint density at radius 1 is 1.29 bits per heavy atom. The summed E-state index contributed by atoms with van der Waals surface area (Å²) in [5, 5.41) is 6.59. The smallest absolute Gasteiger partial charge is 0.191 e. The minimum Gasteiger partial charge on any atom is -0.373 e. The maximum absolute atomic E-state index is 12.2. The molecule has 0 aromatic heterocycles. The van der Waals surface area contributed by atoms with Gasteiger partial charge >= 0.3 is 0 Å². The zero-order chi connectivity index (χ0) is 17.0. The third-order valence-electron chi connectivity index (χ3n) is 4.64. The fourth-order valence-electron chi connectivity index (χ4n) is 3.37. The fourth-order valence-corrected chi connectivity index (χ4v) is 4.71. The highest BCUT2D eigenvalue weighted by Gasteiger charge is 2.41. The monoisotopic (exact) mass is 351 g/mol. The summed E-state index contributed by atoms with van der Waals surface area (Å²) in [6.07, 6.45) is 4.49. The van der Waals surface area contributed by atoms with Crippen LogP contribution in [0.3, 0.4) is 0 Å². The molecule has 3 atom stereocenters. The summed E-state index contributed by atoms with van der Waals surface area (Å²) in [7, 11) is -1.49. The van der Waals surface area contributed by atoms with Gasteiger partial charge in [0.25, 0.3) is 0 Å². The second-order valence-corrected chi connectivity index (χ2v) is 8.45. The number of ether oxygens (including phenoxy) is 1. The molecule has 2 heterocycles. The lowest BCUT2D eigenvalue weighted by Crippen LogP contribution is -2.47. The molecule has 0 spiro atoms. The van der Waals surface area contributed by atoms with Crippen molar-refractivity contribution in [1.29, 1.82) is 0 Å². The highest BCUT2D eigenvalue weighted by molar-refractivity contribution is 7.91. The first-order valence-electron chi connectivity index (χ1n) is 8.49. The van der Waals surface area contributed by atoms with Gasteiger partial charge in [0.15, 0.2) is 15.8 Å². The molecule has 1 aromatic rings. The number of rotatable bonds is 6. The molecule has 0 radical (unpaired) electrons. The Kier molecular flexibility index (Phi) is 5.40. The lowest BCUT2D eigenvalue weighted by molar-refractivity contribution is 0.0992. The fraction of sp³-hybridized carbons (Fsp3) is 0.588. The average Bonchev–Trinajstić information content (AvgIpc) is 3.21. The van der Waals surface area contributed by atoms with Crippen LogP contribution in [0.4, 0.5) is 0 Å². The van der Waals surface area contributed by atoms with E-state index in [4.69, 9.17) is 4.74 Å². The van der Waals surface area contributed by atoms with E-state index < -0.39 is 9.84 Å². The van der Waals surface area contributed by atoms with Crippen molar-refractivity contribution in [2.24, 2.45) is 4.99 Å². The zero-order valence-electron chi connectivity index (χ0n) is 13.9. The van der Waals surface area contributed by atoms with Crippen molar-refractivity contribution in [3.05, 3.63) is 30.3 Å². The molecular formula is C17H25N3O3S. The van der Waals surface area contributed by atoms with Crippen LogP contribution < -0.4 is 10.6 Å².